The molecule has 16 nitrogen and oxygen atoms in total. The Balaban J connectivity index is 5.64. The lowest BCUT2D eigenvalue weighted by molar-refractivity contribution is -0.142. The van der Waals surface area contributed by atoms with Gasteiger partial charge in [0.2, 0.25) is 23.6 Å². The Kier molecular flexibility index (Phi) is 17.8. The lowest BCUT2D eigenvalue weighted by Gasteiger charge is -2.25. The first-order valence-electron chi connectivity index (χ1n) is 12.6. The third kappa shape index (κ3) is 15.6. The summed E-state index contributed by atoms with van der Waals surface area (Å²) >= 11 is 0. The lowest BCUT2D eigenvalue weighted by Crippen LogP contribution is -2.57. The Morgan fingerprint density at radius 2 is 1.13 bits per heavy atom. The van der Waals surface area contributed by atoms with Gasteiger partial charge in [-0.1, -0.05) is 0 Å². The summed E-state index contributed by atoms with van der Waals surface area (Å²) < 4.78 is 0. The number of rotatable bonds is 21. The predicted molar refractivity (Wildman–Crippen MR) is 141 cm³/mol. The highest BCUT2D eigenvalue weighted by Crippen LogP contribution is 2.07. The van der Waals surface area contributed by atoms with Crippen LogP contribution < -0.4 is 50.4 Å². The number of nitrogens with two attached hydrogens (primary N) is 6. The number of carbonyl (C=O) groups excluding carboxylic acids is 4. The molecule has 0 saturated carbocycles. The number of carboxylic acids is 1. The van der Waals surface area contributed by atoms with Crippen molar-refractivity contribution in [1.82, 2.24) is 16.0 Å². The molecule has 0 spiro atoms. The topological polar surface area (TPSA) is 310 Å². The first-order chi connectivity index (χ1) is 17.9. The maximum Gasteiger partial charge on any atom is 0.326 e. The van der Waals surface area contributed by atoms with E-state index in [-0.39, 0.29) is 38.2 Å². The number of unbranched alkanes of at least 4 members (excludes halogenated alkanes) is 2. The minimum atomic E-state index is -1.26. The molecule has 0 saturated heterocycles. The molecule has 218 valence electrons. The SMILES string of the molecule is NCCCCC(NC(=O)C(CCCN=C(N)N)NC(=O)C(CCCCN)NC(=O)C(N)CC(N)=O)C(=O)O. The van der Waals surface area contributed by atoms with E-state index >= 15 is 0 Å². The van der Waals surface area contributed by atoms with E-state index in [1.54, 1.807) is 0 Å². The van der Waals surface area contributed by atoms with Gasteiger partial charge >= 0.3 is 5.97 Å². The molecule has 0 fully saturated rings. The number of hydrogen-bond donors (Lipinski definition) is 10. The lowest BCUT2D eigenvalue weighted by atomic mass is 10.0. The summed E-state index contributed by atoms with van der Waals surface area (Å²) in [6, 6.07) is -4.69. The quantitative estimate of drug-likeness (QED) is 0.0377. The number of carboxylic acid groups (broad SMARTS) is 1. The third-order valence-corrected chi connectivity index (χ3v) is 5.48. The molecule has 0 heterocycles. The molecule has 0 aliphatic heterocycles. The van der Waals surface area contributed by atoms with Crippen LogP contribution in [-0.2, 0) is 24.0 Å². The van der Waals surface area contributed by atoms with Crippen molar-refractivity contribution in [3.63, 3.8) is 0 Å². The molecule has 38 heavy (non-hydrogen) atoms. The van der Waals surface area contributed by atoms with Gasteiger partial charge in [-0.25, -0.2) is 4.79 Å². The highest BCUT2D eigenvalue weighted by molar-refractivity contribution is 5.95. The normalized spacial score (nSPS) is 13.9. The fourth-order valence-corrected chi connectivity index (χ4v) is 3.42. The van der Waals surface area contributed by atoms with Gasteiger partial charge in [0.1, 0.15) is 18.1 Å². The summed E-state index contributed by atoms with van der Waals surface area (Å²) in [6.45, 7) is 0.906. The van der Waals surface area contributed by atoms with Gasteiger partial charge in [0.05, 0.1) is 12.5 Å². The first kappa shape index (κ1) is 34.5. The van der Waals surface area contributed by atoms with E-state index < -0.39 is 60.2 Å². The van der Waals surface area contributed by atoms with Gasteiger partial charge in [0.25, 0.3) is 0 Å². The number of carbonyl (C=O) groups is 5. The number of nitrogens with zero attached hydrogens (tertiary/aromatic N) is 1. The molecule has 0 radical (unpaired) electrons. The van der Waals surface area contributed by atoms with Crippen LogP contribution >= 0.6 is 0 Å². The van der Waals surface area contributed by atoms with E-state index in [1.165, 1.54) is 0 Å². The second kappa shape index (κ2) is 19.6. The summed E-state index contributed by atoms with van der Waals surface area (Å²) in [5.41, 5.74) is 32.4. The number of guanidine groups is 1. The molecule has 0 aromatic heterocycles. The predicted octanol–water partition coefficient (Wildman–Crippen LogP) is -3.96. The van der Waals surface area contributed by atoms with Crippen molar-refractivity contribution in [2.45, 2.75) is 82.0 Å². The molecule has 0 bridgehead atoms. The van der Waals surface area contributed by atoms with Gasteiger partial charge in [-0.05, 0) is 64.5 Å². The minimum absolute atomic E-state index is 0.0775. The van der Waals surface area contributed by atoms with Crippen molar-refractivity contribution in [2.75, 3.05) is 19.6 Å². The number of nitrogens with one attached hydrogen (secondary N) is 3. The fourth-order valence-electron chi connectivity index (χ4n) is 3.42. The van der Waals surface area contributed by atoms with E-state index in [2.05, 4.69) is 20.9 Å². The van der Waals surface area contributed by atoms with Gasteiger partial charge in [0.15, 0.2) is 5.96 Å². The summed E-state index contributed by atoms with van der Waals surface area (Å²) in [6.07, 6.45) is 2.39. The van der Waals surface area contributed by atoms with Crippen LogP contribution in [0.4, 0.5) is 0 Å². The van der Waals surface area contributed by atoms with Gasteiger partial charge in [-0.15, -0.1) is 0 Å². The van der Waals surface area contributed by atoms with Gasteiger partial charge in [-0.3, -0.25) is 24.2 Å². The van der Waals surface area contributed by atoms with Crippen LogP contribution in [0.3, 0.4) is 0 Å². The van der Waals surface area contributed by atoms with Gasteiger partial charge in [-0.2, -0.15) is 0 Å². The largest absolute Gasteiger partial charge is 0.480 e. The van der Waals surface area contributed by atoms with E-state index in [0.29, 0.717) is 38.8 Å². The molecule has 16 N–H and O–H groups in total. The van der Waals surface area contributed by atoms with Crippen LogP contribution in [-0.4, -0.2) is 84.5 Å². The number of primary amides is 1. The Labute approximate surface area is 222 Å². The summed E-state index contributed by atoms with van der Waals surface area (Å²) in [5, 5.41) is 17.0. The maximum atomic E-state index is 13.1. The second-order valence-electron chi connectivity index (χ2n) is 8.82. The molecule has 4 amide bonds. The Bertz CT molecular complexity index is 805. The summed E-state index contributed by atoms with van der Waals surface area (Å²) in [5.74, 6) is -4.34. The Hall–Kier alpha value is -3.50. The standard InChI is InChI=1S/C22H44N10O6/c23-9-3-1-6-14(30-18(34)13(25)12-17(26)33)19(35)31-15(8-5-11-29-22(27)28)20(36)32-16(21(37)38)7-2-4-10-24/h13-16H,1-12,23-25H2,(H2,26,33)(H,30,34)(H,31,35)(H,32,36)(H,37,38)(H4,27,28,29). The van der Waals surface area contributed by atoms with Crippen LogP contribution in [0.2, 0.25) is 0 Å². The van der Waals surface area contributed by atoms with Crippen molar-refractivity contribution < 1.29 is 29.1 Å². The molecule has 0 aromatic carbocycles. The average molecular weight is 545 g/mol. The molecule has 0 aliphatic carbocycles. The van der Waals surface area contributed by atoms with Crippen LogP contribution in [0.1, 0.15) is 57.8 Å². The molecule has 16 heteroatoms. The van der Waals surface area contributed by atoms with Gasteiger partial charge < -0.3 is 55.5 Å². The molecule has 0 aliphatic rings. The van der Waals surface area contributed by atoms with E-state index in [1.807, 2.05) is 0 Å². The third-order valence-electron chi connectivity index (χ3n) is 5.48. The van der Waals surface area contributed by atoms with Crippen molar-refractivity contribution in [1.29, 1.82) is 0 Å². The molecule has 0 aromatic rings. The summed E-state index contributed by atoms with van der Waals surface area (Å²) in [7, 11) is 0. The van der Waals surface area contributed by atoms with Crippen LogP contribution in [0.15, 0.2) is 4.99 Å². The smallest absolute Gasteiger partial charge is 0.326 e. The molecule has 4 unspecified atom stereocenters. The Morgan fingerprint density at radius 3 is 1.58 bits per heavy atom. The zero-order chi connectivity index (χ0) is 29.1. The Morgan fingerprint density at radius 1 is 0.684 bits per heavy atom. The minimum Gasteiger partial charge on any atom is -0.480 e. The zero-order valence-corrected chi connectivity index (χ0v) is 21.7. The van der Waals surface area contributed by atoms with E-state index in [4.69, 9.17) is 34.4 Å². The van der Waals surface area contributed by atoms with E-state index in [0.717, 1.165) is 0 Å². The van der Waals surface area contributed by atoms with Gasteiger partial charge in [0, 0.05) is 6.54 Å². The monoisotopic (exact) mass is 544 g/mol. The zero-order valence-electron chi connectivity index (χ0n) is 21.7. The molecular formula is C22H44N10O6. The van der Waals surface area contributed by atoms with Crippen LogP contribution in [0.5, 0.6) is 0 Å². The first-order valence-corrected chi connectivity index (χ1v) is 12.6. The number of aliphatic carboxylic acids is 1. The number of hydrogen-bond acceptors (Lipinski definition) is 9. The van der Waals surface area contributed by atoms with Crippen LogP contribution in [0.25, 0.3) is 0 Å². The van der Waals surface area contributed by atoms with Crippen molar-refractivity contribution >= 4 is 35.6 Å². The maximum absolute atomic E-state index is 13.1. The second-order valence-corrected chi connectivity index (χ2v) is 8.82. The number of amides is 4. The fraction of sp³-hybridized carbons (Fsp3) is 0.727. The average Bonchev–Trinajstić information content (AvgIpc) is 2.83. The highest BCUT2D eigenvalue weighted by Gasteiger charge is 2.30. The molecular weight excluding hydrogens is 500 g/mol. The van der Waals surface area contributed by atoms with E-state index in [9.17, 15) is 29.1 Å². The molecule has 4 atom stereocenters. The van der Waals surface area contributed by atoms with Crippen molar-refractivity contribution in [2.24, 2.45) is 39.4 Å². The highest BCUT2D eigenvalue weighted by atomic mass is 16.4. The number of aliphatic imine (C=N–C) groups is 1. The van der Waals surface area contributed by atoms with Crippen LogP contribution in [0, 0.1) is 0 Å². The van der Waals surface area contributed by atoms with Crippen molar-refractivity contribution in [3.8, 4) is 0 Å². The molecule has 0 rings (SSSR count). The van der Waals surface area contributed by atoms with Crippen molar-refractivity contribution in [3.05, 3.63) is 0 Å². The summed E-state index contributed by atoms with van der Waals surface area (Å²) in [4.78, 5) is 65.2.